The molecule has 0 bridgehead atoms. The van der Waals surface area contributed by atoms with Gasteiger partial charge in [0.25, 0.3) is 0 Å². The highest BCUT2D eigenvalue weighted by atomic mass is 35.5. The van der Waals surface area contributed by atoms with E-state index >= 15 is 0 Å². The second-order valence-corrected chi connectivity index (χ2v) is 6.29. The van der Waals surface area contributed by atoms with Gasteiger partial charge < -0.3 is 14.8 Å². The number of H-pyrrole nitrogens is 1. The number of carbonyl (C=O) groups is 1. The highest BCUT2D eigenvalue weighted by Crippen LogP contribution is 2.34. The number of hydrogen-bond donors (Lipinski definition) is 2. The van der Waals surface area contributed by atoms with Crippen molar-refractivity contribution in [2.45, 2.75) is 13.5 Å². The molecule has 22 heavy (non-hydrogen) atoms. The summed E-state index contributed by atoms with van der Waals surface area (Å²) in [5, 5.41) is 11.3. The molecule has 2 N–H and O–H groups in total. The third-order valence-corrected chi connectivity index (χ3v) is 4.77. The normalized spacial score (nSPS) is 11.2. The van der Waals surface area contributed by atoms with Gasteiger partial charge in [0.1, 0.15) is 9.88 Å². The standard InChI is InChI=1S/C15H13ClN2O3S/c1-7-13(15(19)20)22-14(17-7)9-3-8-4-10(6-21-2)18-12(8)11(16)5-9/h3-5,18H,6H2,1-2H3,(H,19,20). The lowest BCUT2D eigenvalue weighted by Gasteiger charge is -1.99. The summed E-state index contributed by atoms with van der Waals surface area (Å²) < 4.78 is 5.11. The van der Waals surface area contributed by atoms with E-state index in [1.54, 1.807) is 20.1 Å². The number of aromatic nitrogens is 2. The predicted octanol–water partition coefficient (Wildman–Crippen LogP) is 4.10. The number of nitrogens with zero attached hydrogens (tertiary/aromatic N) is 1. The molecule has 0 aliphatic rings. The van der Waals surface area contributed by atoms with E-state index in [1.807, 2.05) is 12.1 Å². The van der Waals surface area contributed by atoms with Crippen molar-refractivity contribution in [3.63, 3.8) is 0 Å². The van der Waals surface area contributed by atoms with Gasteiger partial charge >= 0.3 is 5.97 Å². The van der Waals surface area contributed by atoms with Crippen LogP contribution >= 0.6 is 22.9 Å². The summed E-state index contributed by atoms with van der Waals surface area (Å²) in [6.07, 6.45) is 0. The number of hydrogen-bond acceptors (Lipinski definition) is 4. The van der Waals surface area contributed by atoms with Crippen molar-refractivity contribution < 1.29 is 14.6 Å². The summed E-state index contributed by atoms with van der Waals surface area (Å²) in [5.74, 6) is -0.961. The maximum Gasteiger partial charge on any atom is 0.347 e. The number of fused-ring (bicyclic) bond motifs is 1. The third-order valence-electron chi connectivity index (χ3n) is 3.27. The Morgan fingerprint density at radius 2 is 2.23 bits per heavy atom. The van der Waals surface area contributed by atoms with Gasteiger partial charge in [0.2, 0.25) is 0 Å². The topological polar surface area (TPSA) is 75.2 Å². The molecule has 0 aliphatic carbocycles. The van der Waals surface area contributed by atoms with Crippen molar-refractivity contribution in [1.82, 2.24) is 9.97 Å². The molecule has 0 atom stereocenters. The number of benzene rings is 1. The van der Waals surface area contributed by atoms with Crippen LogP contribution in [0.15, 0.2) is 18.2 Å². The molecule has 5 nitrogen and oxygen atoms in total. The summed E-state index contributed by atoms with van der Waals surface area (Å²) >= 11 is 7.47. The third kappa shape index (κ3) is 2.61. The van der Waals surface area contributed by atoms with Crippen LogP contribution in [-0.4, -0.2) is 28.2 Å². The van der Waals surface area contributed by atoms with Crippen LogP contribution in [0.5, 0.6) is 0 Å². The molecule has 0 fully saturated rings. The SMILES string of the molecule is COCc1cc2cc(-c3nc(C)c(C(=O)O)s3)cc(Cl)c2[nH]1. The van der Waals surface area contributed by atoms with Crippen molar-refractivity contribution in [2.75, 3.05) is 7.11 Å². The number of aryl methyl sites for hydroxylation is 1. The van der Waals surface area contributed by atoms with Crippen LogP contribution in [0.4, 0.5) is 0 Å². The zero-order valence-electron chi connectivity index (χ0n) is 11.9. The van der Waals surface area contributed by atoms with Crippen LogP contribution in [0.3, 0.4) is 0 Å². The summed E-state index contributed by atoms with van der Waals surface area (Å²) in [7, 11) is 1.63. The van der Waals surface area contributed by atoms with Gasteiger partial charge in [-0.3, -0.25) is 0 Å². The van der Waals surface area contributed by atoms with E-state index in [0.717, 1.165) is 33.5 Å². The lowest BCUT2D eigenvalue weighted by Crippen LogP contribution is -1.94. The van der Waals surface area contributed by atoms with Gasteiger partial charge in [-0.05, 0) is 25.1 Å². The Balaban J connectivity index is 2.11. The second kappa shape index (κ2) is 5.72. The number of methoxy groups -OCH3 is 1. The highest BCUT2D eigenvalue weighted by Gasteiger charge is 2.16. The van der Waals surface area contributed by atoms with E-state index in [4.69, 9.17) is 21.4 Å². The summed E-state index contributed by atoms with van der Waals surface area (Å²) in [5.41, 5.74) is 3.08. The van der Waals surface area contributed by atoms with Crippen molar-refractivity contribution in [1.29, 1.82) is 0 Å². The van der Waals surface area contributed by atoms with Crippen molar-refractivity contribution >= 4 is 39.8 Å². The van der Waals surface area contributed by atoms with Crippen LogP contribution in [0, 0.1) is 6.92 Å². The number of aromatic amines is 1. The van der Waals surface area contributed by atoms with E-state index in [0.29, 0.717) is 22.3 Å². The number of carboxylic acids is 1. The van der Waals surface area contributed by atoms with Gasteiger partial charge in [-0.25, -0.2) is 9.78 Å². The molecule has 114 valence electrons. The Labute approximate surface area is 135 Å². The number of thiazole rings is 1. The van der Waals surface area contributed by atoms with Gasteiger partial charge in [-0.15, -0.1) is 11.3 Å². The van der Waals surface area contributed by atoms with E-state index in [2.05, 4.69) is 9.97 Å². The van der Waals surface area contributed by atoms with Crippen LogP contribution in [0.25, 0.3) is 21.5 Å². The molecule has 2 heterocycles. The van der Waals surface area contributed by atoms with Crippen LogP contribution in [0.2, 0.25) is 5.02 Å². The molecule has 0 radical (unpaired) electrons. The molecule has 3 aromatic rings. The van der Waals surface area contributed by atoms with E-state index < -0.39 is 5.97 Å². The van der Waals surface area contributed by atoms with Crippen LogP contribution in [-0.2, 0) is 11.3 Å². The van der Waals surface area contributed by atoms with Crippen molar-refractivity contribution in [3.05, 3.63) is 39.5 Å². The molecule has 0 amide bonds. The van der Waals surface area contributed by atoms with Gasteiger partial charge in [-0.2, -0.15) is 0 Å². The first-order valence-electron chi connectivity index (χ1n) is 6.50. The van der Waals surface area contributed by atoms with Gasteiger partial charge in [0, 0.05) is 23.8 Å². The minimum Gasteiger partial charge on any atom is -0.477 e. The van der Waals surface area contributed by atoms with Crippen molar-refractivity contribution in [2.24, 2.45) is 0 Å². The lowest BCUT2D eigenvalue weighted by atomic mass is 10.1. The number of rotatable bonds is 4. The van der Waals surface area contributed by atoms with E-state index in [1.165, 1.54) is 0 Å². The largest absolute Gasteiger partial charge is 0.477 e. The summed E-state index contributed by atoms with van der Waals surface area (Å²) in [6.45, 7) is 2.16. The van der Waals surface area contributed by atoms with Crippen LogP contribution in [0.1, 0.15) is 21.1 Å². The molecule has 0 aliphatic heterocycles. The average molecular weight is 337 g/mol. The van der Waals surface area contributed by atoms with Gasteiger partial charge in [-0.1, -0.05) is 11.6 Å². The Hall–Kier alpha value is -1.89. The lowest BCUT2D eigenvalue weighted by molar-refractivity contribution is 0.0701. The summed E-state index contributed by atoms with van der Waals surface area (Å²) in [6, 6.07) is 5.70. The Bertz CT molecular complexity index is 869. The zero-order chi connectivity index (χ0) is 15.9. The molecule has 3 rings (SSSR count). The number of halogens is 1. The molecule has 0 spiro atoms. The molecule has 1 aromatic carbocycles. The number of carboxylic acid groups (broad SMARTS) is 1. The molecule has 0 saturated heterocycles. The molecule has 0 saturated carbocycles. The number of nitrogens with one attached hydrogen (secondary N) is 1. The van der Waals surface area contributed by atoms with Gasteiger partial charge in [0.05, 0.1) is 22.8 Å². The van der Waals surface area contributed by atoms with Crippen molar-refractivity contribution in [3.8, 4) is 10.6 Å². The van der Waals surface area contributed by atoms with Crippen LogP contribution < -0.4 is 0 Å². The maximum absolute atomic E-state index is 11.1. The second-order valence-electron chi connectivity index (χ2n) is 4.89. The zero-order valence-corrected chi connectivity index (χ0v) is 13.5. The average Bonchev–Trinajstić information content (AvgIpc) is 3.02. The number of aromatic carboxylic acids is 1. The smallest absolute Gasteiger partial charge is 0.347 e. The quantitative estimate of drug-likeness (QED) is 0.752. The Morgan fingerprint density at radius 3 is 2.86 bits per heavy atom. The summed E-state index contributed by atoms with van der Waals surface area (Å²) in [4.78, 5) is 18.9. The minimum absolute atomic E-state index is 0.250. The Kier molecular flexibility index (Phi) is 3.90. The maximum atomic E-state index is 11.1. The monoisotopic (exact) mass is 336 g/mol. The fourth-order valence-electron chi connectivity index (χ4n) is 2.33. The van der Waals surface area contributed by atoms with E-state index in [9.17, 15) is 4.79 Å². The molecule has 0 unspecified atom stereocenters. The molecule has 2 aromatic heterocycles. The first kappa shape index (κ1) is 15.0. The molecular formula is C15H13ClN2O3S. The predicted molar refractivity (Wildman–Crippen MR) is 86.8 cm³/mol. The molecular weight excluding hydrogens is 324 g/mol. The number of ether oxygens (including phenoxy) is 1. The first-order valence-corrected chi connectivity index (χ1v) is 7.70. The Morgan fingerprint density at radius 1 is 1.45 bits per heavy atom. The fourth-order valence-corrected chi connectivity index (χ4v) is 3.50. The highest BCUT2D eigenvalue weighted by molar-refractivity contribution is 7.17. The minimum atomic E-state index is -0.961. The first-order chi connectivity index (χ1) is 10.5. The van der Waals surface area contributed by atoms with Gasteiger partial charge in [0.15, 0.2) is 0 Å². The molecule has 7 heteroatoms. The van der Waals surface area contributed by atoms with E-state index in [-0.39, 0.29) is 4.88 Å². The fraction of sp³-hybridized carbons (Fsp3) is 0.200.